The van der Waals surface area contributed by atoms with E-state index >= 15 is 0 Å². The van der Waals surface area contributed by atoms with Gasteiger partial charge < -0.3 is 14.6 Å². The SMILES string of the molecule is C[C@@H]1[C@@H](O)CCCC12OCCO2. The average Bonchev–Trinajstić information content (AvgIpc) is 2.50. The molecule has 2 aliphatic rings. The molecule has 0 bridgehead atoms. The highest BCUT2D eigenvalue weighted by atomic mass is 16.7. The van der Waals surface area contributed by atoms with Crippen LogP contribution in [0.4, 0.5) is 0 Å². The van der Waals surface area contributed by atoms with Gasteiger partial charge in [0.25, 0.3) is 0 Å². The zero-order chi connectivity index (χ0) is 8.60. The van der Waals surface area contributed by atoms with Gasteiger partial charge in [0.1, 0.15) is 0 Å². The molecule has 0 radical (unpaired) electrons. The van der Waals surface area contributed by atoms with Crippen LogP contribution in [0.2, 0.25) is 0 Å². The zero-order valence-corrected chi connectivity index (χ0v) is 7.45. The van der Waals surface area contributed by atoms with Gasteiger partial charge in [-0.25, -0.2) is 0 Å². The van der Waals surface area contributed by atoms with Crippen LogP contribution in [0.15, 0.2) is 0 Å². The number of aliphatic hydroxyl groups excluding tert-OH is 1. The van der Waals surface area contributed by atoms with E-state index in [0.717, 1.165) is 19.3 Å². The molecule has 1 N–H and O–H groups in total. The standard InChI is InChI=1S/C9H16O3/c1-7-8(10)3-2-4-9(7)11-5-6-12-9/h7-8,10H,2-6H2,1H3/t7-,8+/m1/s1. The molecule has 0 aromatic rings. The van der Waals surface area contributed by atoms with Crippen molar-refractivity contribution < 1.29 is 14.6 Å². The number of hydrogen-bond donors (Lipinski definition) is 1. The van der Waals surface area contributed by atoms with E-state index in [4.69, 9.17) is 9.47 Å². The molecule has 12 heavy (non-hydrogen) atoms. The first-order valence-corrected chi connectivity index (χ1v) is 4.70. The maximum Gasteiger partial charge on any atom is 0.173 e. The second-order valence-electron chi connectivity index (χ2n) is 3.76. The topological polar surface area (TPSA) is 38.7 Å². The zero-order valence-electron chi connectivity index (χ0n) is 7.45. The molecule has 70 valence electrons. The Bertz CT molecular complexity index is 163. The van der Waals surface area contributed by atoms with Crippen LogP contribution in [0.3, 0.4) is 0 Å². The van der Waals surface area contributed by atoms with Gasteiger partial charge in [-0.05, 0) is 12.8 Å². The fourth-order valence-corrected chi connectivity index (χ4v) is 2.21. The summed E-state index contributed by atoms with van der Waals surface area (Å²) in [6.45, 7) is 3.36. The number of rotatable bonds is 0. The molecule has 1 aliphatic carbocycles. The third-order valence-electron chi connectivity index (χ3n) is 3.07. The van der Waals surface area contributed by atoms with Crippen molar-refractivity contribution in [1.82, 2.24) is 0 Å². The smallest absolute Gasteiger partial charge is 0.173 e. The van der Waals surface area contributed by atoms with Crippen molar-refractivity contribution in [2.45, 2.75) is 38.1 Å². The molecule has 2 rings (SSSR count). The third kappa shape index (κ3) is 1.16. The van der Waals surface area contributed by atoms with Gasteiger partial charge in [0.05, 0.1) is 19.3 Å². The van der Waals surface area contributed by atoms with Gasteiger partial charge in [0.2, 0.25) is 0 Å². The Labute approximate surface area is 72.7 Å². The van der Waals surface area contributed by atoms with Crippen LogP contribution in [-0.2, 0) is 9.47 Å². The third-order valence-corrected chi connectivity index (χ3v) is 3.07. The number of hydrogen-bond acceptors (Lipinski definition) is 3. The summed E-state index contributed by atoms with van der Waals surface area (Å²) < 4.78 is 11.2. The van der Waals surface area contributed by atoms with Crippen LogP contribution in [-0.4, -0.2) is 30.2 Å². The Morgan fingerprint density at radius 3 is 2.67 bits per heavy atom. The Hall–Kier alpha value is -0.120. The Morgan fingerprint density at radius 1 is 1.33 bits per heavy atom. The molecule has 0 aromatic heterocycles. The van der Waals surface area contributed by atoms with E-state index in [2.05, 4.69) is 0 Å². The van der Waals surface area contributed by atoms with Crippen molar-refractivity contribution in [1.29, 1.82) is 0 Å². The molecule has 0 unspecified atom stereocenters. The van der Waals surface area contributed by atoms with E-state index < -0.39 is 5.79 Å². The van der Waals surface area contributed by atoms with Crippen molar-refractivity contribution in [2.24, 2.45) is 5.92 Å². The highest BCUT2D eigenvalue weighted by Gasteiger charge is 2.47. The predicted molar refractivity (Wildman–Crippen MR) is 43.7 cm³/mol. The normalized spacial score (nSPS) is 40.5. The molecule has 0 aromatic carbocycles. The van der Waals surface area contributed by atoms with E-state index in [1.807, 2.05) is 6.92 Å². The van der Waals surface area contributed by atoms with Crippen molar-refractivity contribution in [3.8, 4) is 0 Å². The molecule has 1 saturated heterocycles. The van der Waals surface area contributed by atoms with Gasteiger partial charge in [0, 0.05) is 12.3 Å². The monoisotopic (exact) mass is 172 g/mol. The van der Waals surface area contributed by atoms with Crippen LogP contribution < -0.4 is 0 Å². The summed E-state index contributed by atoms with van der Waals surface area (Å²) in [5.41, 5.74) is 0. The fourth-order valence-electron chi connectivity index (χ4n) is 2.21. The maximum atomic E-state index is 9.64. The lowest BCUT2D eigenvalue weighted by Gasteiger charge is -2.40. The van der Waals surface area contributed by atoms with Gasteiger partial charge in [-0.1, -0.05) is 6.92 Å². The number of ether oxygens (including phenoxy) is 2. The molecule has 2 fully saturated rings. The summed E-state index contributed by atoms with van der Waals surface area (Å²) in [7, 11) is 0. The van der Waals surface area contributed by atoms with Crippen LogP contribution in [0.5, 0.6) is 0 Å². The van der Waals surface area contributed by atoms with Gasteiger partial charge in [-0.15, -0.1) is 0 Å². The lowest BCUT2D eigenvalue weighted by molar-refractivity contribution is -0.230. The van der Waals surface area contributed by atoms with Gasteiger partial charge in [0.15, 0.2) is 5.79 Å². The first kappa shape index (κ1) is 8.48. The molecule has 1 spiro atoms. The average molecular weight is 172 g/mol. The minimum absolute atomic E-state index is 0.119. The van der Waals surface area contributed by atoms with E-state index in [1.54, 1.807) is 0 Å². The Kier molecular flexibility index (Phi) is 2.10. The molecular weight excluding hydrogens is 156 g/mol. The van der Waals surface area contributed by atoms with Crippen molar-refractivity contribution in [3.63, 3.8) is 0 Å². The predicted octanol–water partition coefficient (Wildman–Crippen LogP) is 0.910. The minimum Gasteiger partial charge on any atom is -0.393 e. The van der Waals surface area contributed by atoms with E-state index in [1.165, 1.54) is 0 Å². The van der Waals surface area contributed by atoms with Crippen molar-refractivity contribution in [3.05, 3.63) is 0 Å². The molecule has 3 nitrogen and oxygen atoms in total. The van der Waals surface area contributed by atoms with Gasteiger partial charge in [-0.2, -0.15) is 0 Å². The highest BCUT2D eigenvalue weighted by Crippen LogP contribution is 2.40. The van der Waals surface area contributed by atoms with Crippen LogP contribution >= 0.6 is 0 Å². The fraction of sp³-hybridized carbons (Fsp3) is 1.00. The second-order valence-corrected chi connectivity index (χ2v) is 3.76. The van der Waals surface area contributed by atoms with Crippen LogP contribution in [0.1, 0.15) is 26.2 Å². The summed E-state index contributed by atoms with van der Waals surface area (Å²) in [6.07, 6.45) is 2.57. The molecule has 0 amide bonds. The summed E-state index contributed by atoms with van der Waals surface area (Å²) in [4.78, 5) is 0. The Morgan fingerprint density at radius 2 is 2.00 bits per heavy atom. The first-order valence-electron chi connectivity index (χ1n) is 4.70. The molecular formula is C9H16O3. The van der Waals surface area contributed by atoms with E-state index in [0.29, 0.717) is 13.2 Å². The summed E-state index contributed by atoms with van der Waals surface area (Å²) in [5, 5.41) is 9.64. The van der Waals surface area contributed by atoms with Gasteiger partial charge >= 0.3 is 0 Å². The quantitative estimate of drug-likeness (QED) is 0.590. The molecule has 1 heterocycles. The van der Waals surface area contributed by atoms with Crippen LogP contribution in [0, 0.1) is 5.92 Å². The van der Waals surface area contributed by atoms with Crippen molar-refractivity contribution >= 4 is 0 Å². The largest absolute Gasteiger partial charge is 0.393 e. The molecule has 2 atom stereocenters. The van der Waals surface area contributed by atoms with E-state index in [9.17, 15) is 5.11 Å². The molecule has 1 saturated carbocycles. The lowest BCUT2D eigenvalue weighted by Crippen LogP contribution is -2.47. The first-order chi connectivity index (χ1) is 5.75. The number of aliphatic hydroxyl groups is 1. The maximum absolute atomic E-state index is 9.64. The summed E-state index contributed by atoms with van der Waals surface area (Å²) in [6, 6.07) is 0. The highest BCUT2D eigenvalue weighted by molar-refractivity contribution is 4.88. The van der Waals surface area contributed by atoms with Gasteiger partial charge in [-0.3, -0.25) is 0 Å². The summed E-state index contributed by atoms with van der Waals surface area (Å²) in [5.74, 6) is -0.328. The van der Waals surface area contributed by atoms with Crippen LogP contribution in [0.25, 0.3) is 0 Å². The second kappa shape index (κ2) is 2.98. The minimum atomic E-state index is -0.447. The Balaban J connectivity index is 2.11. The van der Waals surface area contributed by atoms with E-state index in [-0.39, 0.29) is 12.0 Å². The lowest BCUT2D eigenvalue weighted by atomic mass is 9.82. The molecule has 3 heteroatoms. The van der Waals surface area contributed by atoms with Crippen molar-refractivity contribution in [2.75, 3.05) is 13.2 Å². The summed E-state index contributed by atoms with van der Waals surface area (Å²) >= 11 is 0. The molecule has 1 aliphatic heterocycles.